The molecule has 0 saturated carbocycles. The standard InChI is InChI=1S/C8H11ClO/c1-6-3-7(10)5-8(2,9)4-6/h4-5,10H,3H2,1-2H3. The fourth-order valence-corrected chi connectivity index (χ4v) is 1.55. The summed E-state index contributed by atoms with van der Waals surface area (Å²) in [6.07, 6.45) is 4.26. The molecule has 1 aliphatic carbocycles. The second-order valence-electron chi connectivity index (χ2n) is 2.95. The Balaban J connectivity index is 2.88. The van der Waals surface area contributed by atoms with Gasteiger partial charge in [0.05, 0.1) is 10.6 Å². The Morgan fingerprint density at radius 2 is 2.20 bits per heavy atom. The Morgan fingerprint density at radius 1 is 1.60 bits per heavy atom. The van der Waals surface area contributed by atoms with Crippen LogP contribution < -0.4 is 0 Å². The van der Waals surface area contributed by atoms with Gasteiger partial charge in [0.25, 0.3) is 0 Å². The van der Waals surface area contributed by atoms with Crippen LogP contribution in [0.1, 0.15) is 20.3 Å². The molecule has 0 aliphatic heterocycles. The first-order valence-corrected chi connectivity index (χ1v) is 3.65. The van der Waals surface area contributed by atoms with Crippen LogP contribution in [0.25, 0.3) is 0 Å². The van der Waals surface area contributed by atoms with Gasteiger partial charge in [-0.1, -0.05) is 11.6 Å². The molecule has 0 aromatic carbocycles. The van der Waals surface area contributed by atoms with Gasteiger partial charge in [-0.15, -0.1) is 11.6 Å². The van der Waals surface area contributed by atoms with Crippen molar-refractivity contribution in [2.24, 2.45) is 0 Å². The minimum Gasteiger partial charge on any atom is -0.512 e. The van der Waals surface area contributed by atoms with E-state index in [4.69, 9.17) is 16.7 Å². The lowest BCUT2D eigenvalue weighted by atomic mass is 9.98. The molecule has 0 spiro atoms. The lowest BCUT2D eigenvalue weighted by Crippen LogP contribution is -2.14. The molecule has 1 rings (SSSR count). The molecule has 0 aromatic rings. The number of allylic oxidation sites excluding steroid dienone is 3. The summed E-state index contributed by atoms with van der Waals surface area (Å²) in [6.45, 7) is 3.82. The molecule has 56 valence electrons. The molecule has 0 amide bonds. The van der Waals surface area contributed by atoms with Gasteiger partial charge in [-0.05, 0) is 19.9 Å². The van der Waals surface area contributed by atoms with Crippen LogP contribution in [0, 0.1) is 0 Å². The largest absolute Gasteiger partial charge is 0.512 e. The van der Waals surface area contributed by atoms with Crippen molar-refractivity contribution >= 4 is 11.6 Å². The van der Waals surface area contributed by atoms with Crippen LogP contribution >= 0.6 is 11.6 Å². The van der Waals surface area contributed by atoms with Crippen LogP contribution in [0.4, 0.5) is 0 Å². The maximum atomic E-state index is 9.15. The molecule has 0 saturated heterocycles. The average Bonchev–Trinajstić information content (AvgIpc) is 1.54. The van der Waals surface area contributed by atoms with Crippen LogP contribution in [0.2, 0.25) is 0 Å². The van der Waals surface area contributed by atoms with E-state index in [2.05, 4.69) is 0 Å². The van der Waals surface area contributed by atoms with Crippen molar-refractivity contribution in [1.82, 2.24) is 0 Å². The number of rotatable bonds is 0. The number of halogens is 1. The second-order valence-corrected chi connectivity index (χ2v) is 3.77. The minimum atomic E-state index is -0.480. The van der Waals surface area contributed by atoms with Crippen LogP contribution in [0.15, 0.2) is 23.5 Å². The van der Waals surface area contributed by atoms with Crippen molar-refractivity contribution in [3.05, 3.63) is 23.5 Å². The third kappa shape index (κ3) is 1.77. The Bertz CT molecular complexity index is 181. The number of hydrogen-bond acceptors (Lipinski definition) is 1. The van der Waals surface area contributed by atoms with Gasteiger partial charge in [-0.3, -0.25) is 0 Å². The summed E-state index contributed by atoms with van der Waals surface area (Å²) < 4.78 is 0. The van der Waals surface area contributed by atoms with Gasteiger partial charge in [-0.25, -0.2) is 0 Å². The van der Waals surface area contributed by atoms with E-state index < -0.39 is 4.87 Å². The zero-order chi connectivity index (χ0) is 7.78. The topological polar surface area (TPSA) is 20.2 Å². The molecule has 1 unspecified atom stereocenters. The van der Waals surface area contributed by atoms with Gasteiger partial charge in [0.2, 0.25) is 0 Å². The van der Waals surface area contributed by atoms with Gasteiger partial charge in [-0.2, -0.15) is 0 Å². The number of aliphatic hydroxyl groups is 1. The zero-order valence-corrected chi connectivity index (χ0v) is 6.94. The van der Waals surface area contributed by atoms with E-state index in [-0.39, 0.29) is 0 Å². The fraction of sp³-hybridized carbons (Fsp3) is 0.500. The lowest BCUT2D eigenvalue weighted by Gasteiger charge is -2.19. The van der Waals surface area contributed by atoms with E-state index in [1.807, 2.05) is 19.9 Å². The van der Waals surface area contributed by atoms with Gasteiger partial charge in [0.15, 0.2) is 0 Å². The average molecular weight is 159 g/mol. The second kappa shape index (κ2) is 2.31. The van der Waals surface area contributed by atoms with Crippen LogP contribution in [0.5, 0.6) is 0 Å². The summed E-state index contributed by atoms with van der Waals surface area (Å²) in [7, 11) is 0. The van der Waals surface area contributed by atoms with E-state index >= 15 is 0 Å². The van der Waals surface area contributed by atoms with Crippen molar-refractivity contribution in [2.75, 3.05) is 0 Å². The first-order chi connectivity index (χ1) is 4.49. The summed E-state index contributed by atoms with van der Waals surface area (Å²) >= 11 is 5.95. The van der Waals surface area contributed by atoms with E-state index in [0.29, 0.717) is 12.2 Å². The fourth-order valence-electron chi connectivity index (χ4n) is 1.24. The third-order valence-electron chi connectivity index (χ3n) is 1.44. The van der Waals surface area contributed by atoms with Gasteiger partial charge < -0.3 is 5.11 Å². The van der Waals surface area contributed by atoms with Gasteiger partial charge >= 0.3 is 0 Å². The molecular weight excluding hydrogens is 148 g/mol. The lowest BCUT2D eigenvalue weighted by molar-refractivity contribution is 0.390. The van der Waals surface area contributed by atoms with E-state index in [1.165, 1.54) is 0 Å². The maximum absolute atomic E-state index is 9.15. The highest BCUT2D eigenvalue weighted by atomic mass is 35.5. The minimum absolute atomic E-state index is 0.373. The predicted molar refractivity (Wildman–Crippen MR) is 43.3 cm³/mol. The molecule has 1 nitrogen and oxygen atoms in total. The van der Waals surface area contributed by atoms with Crippen molar-refractivity contribution in [3.8, 4) is 0 Å². The quantitative estimate of drug-likeness (QED) is 0.425. The molecule has 10 heavy (non-hydrogen) atoms. The van der Waals surface area contributed by atoms with Gasteiger partial charge in [0, 0.05) is 6.42 Å². The summed E-state index contributed by atoms with van der Waals surface area (Å²) in [5.41, 5.74) is 1.12. The first kappa shape index (κ1) is 7.67. The smallest absolute Gasteiger partial charge is 0.0943 e. The highest BCUT2D eigenvalue weighted by Gasteiger charge is 2.19. The molecule has 1 aliphatic rings. The van der Waals surface area contributed by atoms with Crippen LogP contribution in [0.3, 0.4) is 0 Å². The molecule has 2 heteroatoms. The summed E-state index contributed by atoms with van der Waals surface area (Å²) in [4.78, 5) is -0.480. The molecule has 0 heterocycles. The predicted octanol–water partition coefficient (Wildman–Crippen LogP) is 2.78. The Hall–Kier alpha value is -0.430. The van der Waals surface area contributed by atoms with Crippen molar-refractivity contribution < 1.29 is 5.11 Å². The third-order valence-corrected chi connectivity index (χ3v) is 1.66. The molecule has 1 atom stereocenters. The normalized spacial score (nSPS) is 33.1. The summed E-state index contributed by atoms with van der Waals surface area (Å²) in [5.74, 6) is 0.373. The number of aliphatic hydroxyl groups excluding tert-OH is 1. The van der Waals surface area contributed by atoms with Gasteiger partial charge in [0.1, 0.15) is 0 Å². The van der Waals surface area contributed by atoms with Crippen LogP contribution in [-0.4, -0.2) is 9.98 Å². The van der Waals surface area contributed by atoms with Crippen LogP contribution in [-0.2, 0) is 0 Å². The SMILES string of the molecule is CC1=CC(C)(Cl)C=C(O)C1. The highest BCUT2D eigenvalue weighted by molar-refractivity contribution is 6.26. The number of hydrogen-bond donors (Lipinski definition) is 1. The summed E-state index contributed by atoms with van der Waals surface area (Å²) in [5, 5.41) is 9.15. The highest BCUT2D eigenvalue weighted by Crippen LogP contribution is 2.28. The van der Waals surface area contributed by atoms with E-state index in [9.17, 15) is 0 Å². The maximum Gasteiger partial charge on any atom is 0.0943 e. The monoisotopic (exact) mass is 158 g/mol. The zero-order valence-electron chi connectivity index (χ0n) is 6.19. The van der Waals surface area contributed by atoms with Crippen molar-refractivity contribution in [1.29, 1.82) is 0 Å². The van der Waals surface area contributed by atoms with Crippen molar-refractivity contribution in [3.63, 3.8) is 0 Å². The summed E-state index contributed by atoms with van der Waals surface area (Å²) in [6, 6.07) is 0. The molecule has 1 N–H and O–H groups in total. The van der Waals surface area contributed by atoms with E-state index in [0.717, 1.165) is 5.57 Å². The Morgan fingerprint density at radius 3 is 2.60 bits per heavy atom. The first-order valence-electron chi connectivity index (χ1n) is 3.27. The Kier molecular flexibility index (Phi) is 1.78. The molecule has 0 bridgehead atoms. The molecule has 0 radical (unpaired) electrons. The number of alkyl halides is 1. The van der Waals surface area contributed by atoms with Crippen molar-refractivity contribution in [2.45, 2.75) is 25.1 Å². The molecule has 0 aromatic heterocycles. The molecular formula is C8H11ClO. The Labute approximate surface area is 66.0 Å². The van der Waals surface area contributed by atoms with E-state index in [1.54, 1.807) is 6.08 Å². The molecule has 0 fully saturated rings.